The maximum Gasteiger partial charge on any atom is 0.0478 e. The summed E-state index contributed by atoms with van der Waals surface area (Å²) in [6.45, 7) is 12.7. The van der Waals surface area contributed by atoms with Gasteiger partial charge in [-0.05, 0) is 32.9 Å². The second-order valence-electron chi connectivity index (χ2n) is 4.45. The molecule has 0 aromatic carbocycles. The van der Waals surface area contributed by atoms with Gasteiger partial charge in [0, 0.05) is 32.8 Å². The lowest BCUT2D eigenvalue weighted by molar-refractivity contribution is 0.135. The molecule has 0 bridgehead atoms. The van der Waals surface area contributed by atoms with Crippen molar-refractivity contribution in [2.75, 3.05) is 46.4 Å². The van der Waals surface area contributed by atoms with Crippen LogP contribution < -0.4 is 5.32 Å². The Labute approximate surface area is 95.2 Å². The first-order chi connectivity index (χ1) is 7.16. The average Bonchev–Trinajstić information content (AvgIpc) is 2.19. The monoisotopic (exact) mass is 216 g/mol. The Bertz CT molecular complexity index is 129. The van der Waals surface area contributed by atoms with Gasteiger partial charge >= 0.3 is 0 Å². The van der Waals surface area contributed by atoms with E-state index in [1.807, 2.05) is 6.92 Å². The van der Waals surface area contributed by atoms with E-state index in [-0.39, 0.29) is 0 Å². The standard InChI is InChI=1S/C12H28N2O/c1-5-15-10-6-8-14(4)9-7-13-11-12(2)3/h12-13H,5-11H2,1-4H3. The number of nitrogens with one attached hydrogen (secondary N) is 1. The van der Waals surface area contributed by atoms with Crippen LogP contribution in [0.15, 0.2) is 0 Å². The number of hydrogen-bond acceptors (Lipinski definition) is 3. The van der Waals surface area contributed by atoms with Crippen molar-refractivity contribution in [3.8, 4) is 0 Å². The minimum Gasteiger partial charge on any atom is -0.382 e. The molecule has 3 heteroatoms. The molecule has 0 atom stereocenters. The van der Waals surface area contributed by atoms with E-state index in [1.54, 1.807) is 0 Å². The predicted octanol–water partition coefficient (Wildman–Crippen LogP) is 1.59. The van der Waals surface area contributed by atoms with Gasteiger partial charge in [-0.2, -0.15) is 0 Å². The van der Waals surface area contributed by atoms with Gasteiger partial charge in [0.2, 0.25) is 0 Å². The van der Waals surface area contributed by atoms with Gasteiger partial charge < -0.3 is 15.0 Å². The van der Waals surface area contributed by atoms with Crippen LogP contribution in [0.25, 0.3) is 0 Å². The van der Waals surface area contributed by atoms with Gasteiger partial charge in [0.1, 0.15) is 0 Å². The van der Waals surface area contributed by atoms with Gasteiger partial charge in [0.05, 0.1) is 0 Å². The Kier molecular flexibility index (Phi) is 10.3. The predicted molar refractivity (Wildman–Crippen MR) is 66.3 cm³/mol. The van der Waals surface area contributed by atoms with E-state index in [0.29, 0.717) is 0 Å². The van der Waals surface area contributed by atoms with Crippen molar-refractivity contribution >= 4 is 0 Å². The third-order valence-corrected chi connectivity index (χ3v) is 2.26. The fraction of sp³-hybridized carbons (Fsp3) is 1.00. The maximum atomic E-state index is 5.30. The summed E-state index contributed by atoms with van der Waals surface area (Å²) in [7, 11) is 2.17. The maximum absolute atomic E-state index is 5.30. The molecule has 15 heavy (non-hydrogen) atoms. The number of hydrogen-bond donors (Lipinski definition) is 1. The highest BCUT2D eigenvalue weighted by molar-refractivity contribution is 4.56. The van der Waals surface area contributed by atoms with Crippen LogP contribution in [0.3, 0.4) is 0 Å². The molecule has 0 rings (SSSR count). The Hall–Kier alpha value is -0.120. The Morgan fingerprint density at radius 3 is 2.60 bits per heavy atom. The molecule has 0 aliphatic heterocycles. The van der Waals surface area contributed by atoms with E-state index >= 15 is 0 Å². The van der Waals surface area contributed by atoms with Crippen LogP contribution >= 0.6 is 0 Å². The van der Waals surface area contributed by atoms with Crippen molar-refractivity contribution in [2.24, 2.45) is 5.92 Å². The Balaban J connectivity index is 3.15. The van der Waals surface area contributed by atoms with E-state index in [1.165, 1.54) is 0 Å². The van der Waals surface area contributed by atoms with Crippen molar-refractivity contribution in [1.82, 2.24) is 10.2 Å². The highest BCUT2D eigenvalue weighted by Crippen LogP contribution is 1.89. The molecular formula is C12H28N2O. The van der Waals surface area contributed by atoms with Crippen molar-refractivity contribution in [2.45, 2.75) is 27.2 Å². The first-order valence-electron chi connectivity index (χ1n) is 6.13. The second kappa shape index (κ2) is 10.4. The molecule has 0 fully saturated rings. The van der Waals surface area contributed by atoms with Crippen molar-refractivity contribution in [3.05, 3.63) is 0 Å². The minimum atomic E-state index is 0.744. The van der Waals surface area contributed by atoms with Gasteiger partial charge in [-0.15, -0.1) is 0 Å². The topological polar surface area (TPSA) is 24.5 Å². The summed E-state index contributed by atoms with van der Waals surface area (Å²) in [6.07, 6.45) is 1.13. The molecule has 3 nitrogen and oxygen atoms in total. The van der Waals surface area contributed by atoms with Gasteiger partial charge in [0.15, 0.2) is 0 Å². The Morgan fingerprint density at radius 1 is 1.27 bits per heavy atom. The van der Waals surface area contributed by atoms with E-state index < -0.39 is 0 Å². The molecule has 92 valence electrons. The summed E-state index contributed by atoms with van der Waals surface area (Å²) in [6, 6.07) is 0. The zero-order valence-corrected chi connectivity index (χ0v) is 10.9. The summed E-state index contributed by atoms with van der Waals surface area (Å²) in [5.41, 5.74) is 0. The lowest BCUT2D eigenvalue weighted by atomic mass is 10.2. The molecule has 0 aliphatic rings. The van der Waals surface area contributed by atoms with E-state index in [4.69, 9.17) is 4.74 Å². The zero-order valence-electron chi connectivity index (χ0n) is 10.9. The molecule has 0 radical (unpaired) electrons. The molecule has 0 aromatic rings. The second-order valence-corrected chi connectivity index (χ2v) is 4.45. The smallest absolute Gasteiger partial charge is 0.0478 e. The van der Waals surface area contributed by atoms with Gasteiger partial charge in [-0.25, -0.2) is 0 Å². The molecule has 0 heterocycles. The van der Waals surface area contributed by atoms with Crippen LogP contribution in [0.4, 0.5) is 0 Å². The summed E-state index contributed by atoms with van der Waals surface area (Å²) in [4.78, 5) is 2.35. The molecule has 0 saturated carbocycles. The SMILES string of the molecule is CCOCCCN(C)CCNCC(C)C. The van der Waals surface area contributed by atoms with Crippen LogP contribution in [0.2, 0.25) is 0 Å². The highest BCUT2D eigenvalue weighted by Gasteiger charge is 1.98. The highest BCUT2D eigenvalue weighted by atomic mass is 16.5. The first kappa shape index (κ1) is 14.9. The normalized spacial score (nSPS) is 11.6. The van der Waals surface area contributed by atoms with Gasteiger partial charge in [0.25, 0.3) is 0 Å². The molecule has 1 N–H and O–H groups in total. The van der Waals surface area contributed by atoms with Crippen molar-refractivity contribution in [1.29, 1.82) is 0 Å². The fourth-order valence-corrected chi connectivity index (χ4v) is 1.35. The summed E-state index contributed by atoms with van der Waals surface area (Å²) >= 11 is 0. The van der Waals surface area contributed by atoms with E-state index in [9.17, 15) is 0 Å². The molecule has 0 spiro atoms. The number of nitrogens with zero attached hydrogens (tertiary/aromatic N) is 1. The molecule has 0 aromatic heterocycles. The number of rotatable bonds is 10. The Morgan fingerprint density at radius 2 is 2.00 bits per heavy atom. The van der Waals surface area contributed by atoms with E-state index in [2.05, 4.69) is 31.1 Å². The summed E-state index contributed by atoms with van der Waals surface area (Å²) in [5.74, 6) is 0.744. The number of ether oxygens (including phenoxy) is 1. The van der Waals surface area contributed by atoms with Crippen LogP contribution in [0.5, 0.6) is 0 Å². The third kappa shape index (κ3) is 11.8. The van der Waals surface area contributed by atoms with Crippen LogP contribution in [0, 0.1) is 5.92 Å². The lowest BCUT2D eigenvalue weighted by Crippen LogP contribution is -2.32. The fourth-order valence-electron chi connectivity index (χ4n) is 1.35. The van der Waals surface area contributed by atoms with Crippen LogP contribution in [-0.4, -0.2) is 51.3 Å². The molecule has 0 amide bonds. The van der Waals surface area contributed by atoms with E-state index in [0.717, 1.165) is 51.7 Å². The van der Waals surface area contributed by atoms with Crippen LogP contribution in [0.1, 0.15) is 27.2 Å². The van der Waals surface area contributed by atoms with Crippen molar-refractivity contribution < 1.29 is 4.74 Å². The summed E-state index contributed by atoms with van der Waals surface area (Å²) < 4.78 is 5.30. The quantitative estimate of drug-likeness (QED) is 0.561. The van der Waals surface area contributed by atoms with Crippen molar-refractivity contribution in [3.63, 3.8) is 0 Å². The molecule has 0 aliphatic carbocycles. The molecule has 0 unspecified atom stereocenters. The zero-order chi connectivity index (χ0) is 11.5. The largest absolute Gasteiger partial charge is 0.382 e. The number of likely N-dealkylation sites (N-methyl/N-ethyl adjacent to an activating group) is 1. The average molecular weight is 216 g/mol. The summed E-state index contributed by atoms with van der Waals surface area (Å²) in [5, 5.41) is 3.44. The van der Waals surface area contributed by atoms with Crippen LogP contribution in [-0.2, 0) is 4.74 Å². The lowest BCUT2D eigenvalue weighted by Gasteiger charge is -2.17. The first-order valence-corrected chi connectivity index (χ1v) is 6.13. The third-order valence-electron chi connectivity index (χ3n) is 2.26. The molecule has 0 saturated heterocycles. The van der Waals surface area contributed by atoms with Gasteiger partial charge in [-0.1, -0.05) is 13.8 Å². The molecular weight excluding hydrogens is 188 g/mol. The van der Waals surface area contributed by atoms with Gasteiger partial charge in [-0.3, -0.25) is 0 Å². The minimum absolute atomic E-state index is 0.744.